The van der Waals surface area contributed by atoms with Crippen LogP contribution in [0, 0.1) is 0 Å². The Morgan fingerprint density at radius 1 is 1.47 bits per heavy atom. The van der Waals surface area contributed by atoms with Crippen LogP contribution in [0.3, 0.4) is 0 Å². The minimum Gasteiger partial charge on any atom is -0.366 e. The Hall–Kier alpha value is -1.53. The lowest BCUT2D eigenvalue weighted by atomic mass is 10.2. The molecule has 106 valence electrons. The quantitative estimate of drug-likeness (QED) is 0.802. The molecule has 1 aromatic rings. The van der Waals surface area contributed by atoms with Gasteiger partial charge in [-0.15, -0.1) is 12.4 Å². The molecule has 2 rings (SSSR count). The molecule has 0 bridgehead atoms. The fourth-order valence-corrected chi connectivity index (χ4v) is 2.20. The molecule has 0 saturated carbocycles. The molecule has 1 aliphatic rings. The minimum absolute atomic E-state index is 0. The number of nitrogens with two attached hydrogens (primary N) is 1. The number of nitrogens with one attached hydrogen (secondary N) is 1. The van der Waals surface area contributed by atoms with E-state index in [-0.39, 0.29) is 24.4 Å². The van der Waals surface area contributed by atoms with Crippen molar-refractivity contribution in [2.45, 2.75) is 13.0 Å². The molecular formula is C12H19ClN4O2. The molecule has 2 amide bonds. The molecular weight excluding hydrogens is 268 g/mol. The third-order valence-corrected chi connectivity index (χ3v) is 3.27. The zero-order chi connectivity index (χ0) is 13.3. The van der Waals surface area contributed by atoms with Crippen molar-refractivity contribution in [3.63, 3.8) is 0 Å². The summed E-state index contributed by atoms with van der Waals surface area (Å²) >= 11 is 0. The van der Waals surface area contributed by atoms with Crippen molar-refractivity contribution < 1.29 is 9.59 Å². The molecule has 1 saturated heterocycles. The van der Waals surface area contributed by atoms with Crippen LogP contribution in [0.4, 0.5) is 0 Å². The number of nitrogens with zero attached hydrogens (tertiary/aromatic N) is 2. The molecule has 1 fully saturated rings. The van der Waals surface area contributed by atoms with Gasteiger partial charge in [0, 0.05) is 38.9 Å². The van der Waals surface area contributed by atoms with Gasteiger partial charge in [-0.2, -0.15) is 0 Å². The van der Waals surface area contributed by atoms with Crippen molar-refractivity contribution in [1.29, 1.82) is 0 Å². The van der Waals surface area contributed by atoms with Crippen molar-refractivity contribution in [2.75, 3.05) is 19.6 Å². The standard InChI is InChI=1S/C12H18N4O2.ClH/c1-8-6-14-3-4-16(8)12(18)10-5-9(11(13)17)7-15(10)2;/h5,7-8,14H,3-4,6H2,1-2H3,(H2,13,17);1H/t8-;/m0./s1. The lowest BCUT2D eigenvalue weighted by Crippen LogP contribution is -2.52. The molecule has 0 aromatic carbocycles. The van der Waals surface area contributed by atoms with Gasteiger partial charge in [0.25, 0.3) is 5.91 Å². The van der Waals surface area contributed by atoms with Gasteiger partial charge >= 0.3 is 0 Å². The number of hydrogen-bond donors (Lipinski definition) is 2. The second-order valence-corrected chi connectivity index (χ2v) is 4.64. The summed E-state index contributed by atoms with van der Waals surface area (Å²) in [4.78, 5) is 25.3. The van der Waals surface area contributed by atoms with Crippen LogP contribution in [0.5, 0.6) is 0 Å². The van der Waals surface area contributed by atoms with Gasteiger partial charge in [0.1, 0.15) is 5.69 Å². The highest BCUT2D eigenvalue weighted by atomic mass is 35.5. The van der Waals surface area contributed by atoms with E-state index in [4.69, 9.17) is 5.73 Å². The molecule has 0 spiro atoms. The van der Waals surface area contributed by atoms with Crippen LogP contribution < -0.4 is 11.1 Å². The predicted octanol–water partition coefficient (Wildman–Crippen LogP) is -0.0203. The van der Waals surface area contributed by atoms with Crippen LogP contribution in [0.1, 0.15) is 27.8 Å². The second kappa shape index (κ2) is 6.08. The Morgan fingerprint density at radius 2 is 2.16 bits per heavy atom. The van der Waals surface area contributed by atoms with Crippen molar-refractivity contribution in [3.8, 4) is 0 Å². The smallest absolute Gasteiger partial charge is 0.270 e. The van der Waals surface area contributed by atoms with Crippen molar-refractivity contribution in [1.82, 2.24) is 14.8 Å². The fourth-order valence-electron chi connectivity index (χ4n) is 2.20. The Bertz CT molecular complexity index is 486. The highest BCUT2D eigenvalue weighted by molar-refractivity contribution is 5.98. The molecule has 0 aliphatic carbocycles. The van der Waals surface area contributed by atoms with Gasteiger partial charge in [0.05, 0.1) is 5.56 Å². The first-order valence-electron chi connectivity index (χ1n) is 5.98. The van der Waals surface area contributed by atoms with Gasteiger partial charge in [-0.3, -0.25) is 9.59 Å². The highest BCUT2D eigenvalue weighted by Gasteiger charge is 2.26. The molecule has 3 N–H and O–H groups in total. The average Bonchev–Trinajstić information content (AvgIpc) is 2.71. The van der Waals surface area contributed by atoms with Crippen LogP contribution in [-0.2, 0) is 7.05 Å². The van der Waals surface area contributed by atoms with Crippen LogP contribution in [-0.4, -0.2) is 47.0 Å². The minimum atomic E-state index is -0.516. The molecule has 0 radical (unpaired) electrons. The molecule has 6 nitrogen and oxygen atoms in total. The summed E-state index contributed by atoms with van der Waals surface area (Å²) in [6, 6.07) is 1.71. The fraction of sp³-hybridized carbons (Fsp3) is 0.500. The van der Waals surface area contributed by atoms with Crippen LogP contribution in [0.2, 0.25) is 0 Å². The molecule has 19 heavy (non-hydrogen) atoms. The number of piperazine rings is 1. The van der Waals surface area contributed by atoms with Gasteiger partial charge in [-0.05, 0) is 13.0 Å². The first-order valence-corrected chi connectivity index (χ1v) is 5.98. The second-order valence-electron chi connectivity index (χ2n) is 4.64. The normalized spacial score (nSPS) is 18.8. The number of aromatic nitrogens is 1. The largest absolute Gasteiger partial charge is 0.366 e. The summed E-state index contributed by atoms with van der Waals surface area (Å²) in [6.07, 6.45) is 1.59. The third kappa shape index (κ3) is 3.08. The van der Waals surface area contributed by atoms with Crippen molar-refractivity contribution in [3.05, 3.63) is 23.5 Å². The van der Waals surface area contributed by atoms with Crippen molar-refractivity contribution in [2.24, 2.45) is 12.8 Å². The number of carbonyl (C=O) groups is 2. The summed E-state index contributed by atoms with van der Waals surface area (Å²) in [5.41, 5.74) is 6.08. The number of carbonyl (C=O) groups excluding carboxylic acids is 2. The lowest BCUT2D eigenvalue weighted by molar-refractivity contribution is 0.0646. The van der Waals surface area contributed by atoms with E-state index in [0.717, 1.165) is 13.1 Å². The van der Waals surface area contributed by atoms with E-state index in [1.807, 2.05) is 11.8 Å². The molecule has 7 heteroatoms. The zero-order valence-corrected chi connectivity index (χ0v) is 11.9. The summed E-state index contributed by atoms with van der Waals surface area (Å²) in [6.45, 7) is 4.26. The number of halogens is 1. The summed E-state index contributed by atoms with van der Waals surface area (Å²) in [5.74, 6) is -0.572. The zero-order valence-electron chi connectivity index (χ0n) is 11.0. The molecule has 1 aromatic heterocycles. The van der Waals surface area contributed by atoms with Gasteiger partial charge < -0.3 is 20.5 Å². The summed E-state index contributed by atoms with van der Waals surface area (Å²) < 4.78 is 1.65. The number of aryl methyl sites for hydroxylation is 1. The van der Waals surface area contributed by atoms with Gasteiger partial charge in [0.15, 0.2) is 0 Å². The van der Waals surface area contributed by atoms with Crippen LogP contribution in [0.15, 0.2) is 12.3 Å². The Labute approximate surface area is 118 Å². The maximum atomic E-state index is 12.4. The first kappa shape index (κ1) is 15.5. The summed E-state index contributed by atoms with van der Waals surface area (Å²) in [5, 5.41) is 3.23. The van der Waals surface area contributed by atoms with E-state index < -0.39 is 5.91 Å². The molecule has 0 unspecified atom stereocenters. The Balaban J connectivity index is 0.00000180. The van der Waals surface area contributed by atoms with E-state index in [1.54, 1.807) is 23.9 Å². The number of hydrogen-bond acceptors (Lipinski definition) is 3. The number of rotatable bonds is 2. The number of primary amides is 1. The molecule has 1 atom stereocenters. The topological polar surface area (TPSA) is 80.4 Å². The first-order chi connectivity index (χ1) is 8.50. The van der Waals surface area contributed by atoms with Crippen LogP contribution >= 0.6 is 12.4 Å². The van der Waals surface area contributed by atoms with Gasteiger partial charge in [-0.25, -0.2) is 0 Å². The Morgan fingerprint density at radius 3 is 2.68 bits per heavy atom. The molecule has 2 heterocycles. The monoisotopic (exact) mass is 286 g/mol. The maximum absolute atomic E-state index is 12.4. The maximum Gasteiger partial charge on any atom is 0.270 e. The van der Waals surface area contributed by atoms with E-state index in [9.17, 15) is 9.59 Å². The van der Waals surface area contributed by atoms with Gasteiger partial charge in [-0.1, -0.05) is 0 Å². The van der Waals surface area contributed by atoms with E-state index >= 15 is 0 Å². The van der Waals surface area contributed by atoms with E-state index in [2.05, 4.69) is 5.32 Å². The van der Waals surface area contributed by atoms with Gasteiger partial charge in [0.2, 0.25) is 5.91 Å². The van der Waals surface area contributed by atoms with E-state index in [0.29, 0.717) is 17.8 Å². The average molecular weight is 287 g/mol. The van der Waals surface area contributed by atoms with E-state index in [1.165, 1.54) is 0 Å². The molecule has 1 aliphatic heterocycles. The Kier molecular flexibility index (Phi) is 4.97. The SMILES string of the molecule is C[C@H]1CNCCN1C(=O)c1cc(C(N)=O)cn1C.Cl. The highest BCUT2D eigenvalue weighted by Crippen LogP contribution is 2.13. The number of amides is 2. The third-order valence-electron chi connectivity index (χ3n) is 3.27. The lowest BCUT2D eigenvalue weighted by Gasteiger charge is -2.34. The summed E-state index contributed by atoms with van der Waals surface area (Å²) in [7, 11) is 1.74. The van der Waals surface area contributed by atoms with Crippen molar-refractivity contribution >= 4 is 24.2 Å². The predicted molar refractivity (Wildman–Crippen MR) is 74.5 cm³/mol. The van der Waals surface area contributed by atoms with Crippen LogP contribution in [0.25, 0.3) is 0 Å².